The molecular weight excluding hydrogens is 473 g/mol. The summed E-state index contributed by atoms with van der Waals surface area (Å²) in [5.74, 6) is -0.419. The number of halogens is 2. The molecule has 0 bridgehead atoms. The molecule has 0 saturated carbocycles. The van der Waals surface area contributed by atoms with Gasteiger partial charge in [-0.05, 0) is 25.7 Å². The van der Waals surface area contributed by atoms with Gasteiger partial charge in [0.25, 0.3) is 0 Å². The van der Waals surface area contributed by atoms with Crippen LogP contribution in [0.1, 0.15) is 25.7 Å². The van der Waals surface area contributed by atoms with E-state index in [4.69, 9.17) is 0 Å². The van der Waals surface area contributed by atoms with Crippen LogP contribution in [0.25, 0.3) is 0 Å². The van der Waals surface area contributed by atoms with Gasteiger partial charge in [-0.15, -0.1) is 24.3 Å². The third-order valence-electron chi connectivity index (χ3n) is 2.69. The summed E-state index contributed by atoms with van der Waals surface area (Å²) in [6, 6.07) is 17.0. The topological polar surface area (TPSA) is 0 Å². The van der Waals surface area contributed by atoms with E-state index < -0.39 is 0 Å². The fourth-order valence-corrected chi connectivity index (χ4v) is 1.59. The second-order valence-electron chi connectivity index (χ2n) is 4.53. The molecule has 0 amide bonds. The standard InChI is InChI=1S/C8H12.2C6H4F.Pt/c1-2-4-6-8-7-5-3-1;2*7-6-4-2-1-3-5-6;/h1-2,7-8H,3-6H2;2*2-5H;/q;2*-1;+2. The van der Waals surface area contributed by atoms with Crippen LogP contribution in [0.15, 0.2) is 72.8 Å². The van der Waals surface area contributed by atoms with Crippen LogP contribution in [0.5, 0.6) is 0 Å². The summed E-state index contributed by atoms with van der Waals surface area (Å²) < 4.78 is 23.8. The van der Waals surface area contributed by atoms with E-state index in [0.29, 0.717) is 0 Å². The number of benzene rings is 2. The Hall–Kier alpha value is -1.53. The molecule has 2 aromatic carbocycles. The molecule has 0 spiro atoms. The van der Waals surface area contributed by atoms with Crippen molar-refractivity contribution in [1.82, 2.24) is 0 Å². The van der Waals surface area contributed by atoms with E-state index in [1.165, 1.54) is 74.2 Å². The van der Waals surface area contributed by atoms with Gasteiger partial charge in [-0.3, -0.25) is 0 Å². The first kappa shape index (κ1) is 21.5. The van der Waals surface area contributed by atoms with Crippen LogP contribution in [0.3, 0.4) is 0 Å². The second kappa shape index (κ2) is 15.4. The molecule has 23 heavy (non-hydrogen) atoms. The molecule has 0 saturated heterocycles. The van der Waals surface area contributed by atoms with Gasteiger partial charge in [0.2, 0.25) is 0 Å². The second-order valence-corrected chi connectivity index (χ2v) is 4.53. The van der Waals surface area contributed by atoms with Crippen LogP contribution in [0.2, 0.25) is 0 Å². The smallest absolute Gasteiger partial charge is 0.236 e. The Morgan fingerprint density at radius 1 is 0.565 bits per heavy atom. The minimum absolute atomic E-state index is 0. The van der Waals surface area contributed by atoms with E-state index in [1.807, 2.05) is 0 Å². The fourth-order valence-electron chi connectivity index (χ4n) is 1.59. The van der Waals surface area contributed by atoms with Gasteiger partial charge in [-0.2, -0.15) is 36.4 Å². The van der Waals surface area contributed by atoms with E-state index >= 15 is 0 Å². The first-order valence-corrected chi connectivity index (χ1v) is 7.32. The fraction of sp³-hybridized carbons (Fsp3) is 0.200. The third-order valence-corrected chi connectivity index (χ3v) is 2.69. The minimum atomic E-state index is -0.209. The summed E-state index contributed by atoms with van der Waals surface area (Å²) >= 11 is 0. The zero-order valence-electron chi connectivity index (χ0n) is 12.8. The Kier molecular flexibility index (Phi) is 14.3. The zero-order valence-corrected chi connectivity index (χ0v) is 15.1. The predicted octanol–water partition coefficient (Wildman–Crippen LogP) is 5.92. The van der Waals surface area contributed by atoms with Gasteiger partial charge >= 0.3 is 21.1 Å². The monoisotopic (exact) mass is 493 g/mol. The molecule has 0 aliphatic heterocycles. The SMILES string of the molecule is C1=CCCC=CCC1.Fc1cc[c-]cc1.Fc1cc[c-]cc1.[Pt+2]. The Labute approximate surface area is 152 Å². The van der Waals surface area contributed by atoms with Crippen molar-refractivity contribution in [3.63, 3.8) is 0 Å². The van der Waals surface area contributed by atoms with Gasteiger partial charge in [-0.1, -0.05) is 24.3 Å². The van der Waals surface area contributed by atoms with Gasteiger partial charge in [0.15, 0.2) is 0 Å². The van der Waals surface area contributed by atoms with Crippen LogP contribution >= 0.6 is 0 Å². The van der Waals surface area contributed by atoms with Gasteiger partial charge in [0.05, 0.1) is 0 Å². The number of rotatable bonds is 0. The summed E-state index contributed by atoms with van der Waals surface area (Å²) in [6.45, 7) is 0. The van der Waals surface area contributed by atoms with Crippen LogP contribution in [0.4, 0.5) is 8.78 Å². The molecule has 1 aliphatic rings. The van der Waals surface area contributed by atoms with Crippen molar-refractivity contribution >= 4 is 0 Å². The number of allylic oxidation sites excluding steroid dienone is 4. The number of hydrogen-bond acceptors (Lipinski definition) is 0. The Morgan fingerprint density at radius 2 is 0.826 bits per heavy atom. The summed E-state index contributed by atoms with van der Waals surface area (Å²) in [5, 5.41) is 0. The van der Waals surface area contributed by atoms with Crippen LogP contribution in [0, 0.1) is 23.8 Å². The Balaban J connectivity index is 0.000000310. The average Bonchev–Trinajstić information content (AvgIpc) is 2.49. The summed E-state index contributed by atoms with van der Waals surface area (Å²) in [7, 11) is 0. The molecule has 0 radical (unpaired) electrons. The van der Waals surface area contributed by atoms with Crippen molar-refractivity contribution in [2.24, 2.45) is 0 Å². The quantitative estimate of drug-likeness (QED) is 0.316. The number of hydrogen-bond donors (Lipinski definition) is 0. The van der Waals surface area contributed by atoms with Crippen molar-refractivity contribution in [1.29, 1.82) is 0 Å². The van der Waals surface area contributed by atoms with Crippen molar-refractivity contribution in [2.75, 3.05) is 0 Å². The molecule has 0 aromatic heterocycles. The molecule has 0 atom stereocenters. The van der Waals surface area contributed by atoms with E-state index in [0.717, 1.165) is 0 Å². The Bertz CT molecular complexity index is 473. The average molecular weight is 493 g/mol. The normalized spacial score (nSPS) is 12.3. The Morgan fingerprint density at radius 3 is 1.00 bits per heavy atom. The molecule has 0 fully saturated rings. The predicted molar refractivity (Wildman–Crippen MR) is 87.2 cm³/mol. The molecule has 2 aromatic rings. The van der Waals surface area contributed by atoms with Gasteiger partial charge in [-0.25, -0.2) is 8.78 Å². The molecule has 124 valence electrons. The zero-order chi connectivity index (χ0) is 15.9. The van der Waals surface area contributed by atoms with Crippen molar-refractivity contribution < 1.29 is 29.8 Å². The molecule has 0 nitrogen and oxygen atoms in total. The molecule has 0 unspecified atom stereocenters. The van der Waals surface area contributed by atoms with E-state index in [-0.39, 0.29) is 32.7 Å². The first-order chi connectivity index (χ1) is 10.8. The molecular formula is C20H20F2Pt. The summed E-state index contributed by atoms with van der Waals surface area (Å²) in [6.07, 6.45) is 14.0. The van der Waals surface area contributed by atoms with Crippen LogP contribution < -0.4 is 0 Å². The van der Waals surface area contributed by atoms with Gasteiger partial charge < -0.3 is 0 Å². The summed E-state index contributed by atoms with van der Waals surface area (Å²) in [5.41, 5.74) is 0. The van der Waals surface area contributed by atoms with Gasteiger partial charge in [0.1, 0.15) is 0 Å². The molecule has 3 rings (SSSR count). The van der Waals surface area contributed by atoms with E-state index in [1.54, 1.807) is 0 Å². The van der Waals surface area contributed by atoms with Crippen molar-refractivity contribution in [3.8, 4) is 0 Å². The maximum Gasteiger partial charge on any atom is 2.00 e. The molecule has 3 heteroatoms. The molecule has 1 aliphatic carbocycles. The molecule has 0 heterocycles. The van der Waals surface area contributed by atoms with Crippen LogP contribution in [-0.4, -0.2) is 0 Å². The summed E-state index contributed by atoms with van der Waals surface area (Å²) in [4.78, 5) is 0. The molecule has 0 N–H and O–H groups in total. The van der Waals surface area contributed by atoms with Crippen LogP contribution in [-0.2, 0) is 21.1 Å². The van der Waals surface area contributed by atoms with E-state index in [9.17, 15) is 8.78 Å². The van der Waals surface area contributed by atoms with Gasteiger partial charge in [0, 0.05) is 11.6 Å². The largest absolute Gasteiger partial charge is 2.00 e. The van der Waals surface area contributed by atoms with Crippen molar-refractivity contribution in [3.05, 3.63) is 96.6 Å². The maximum absolute atomic E-state index is 11.9. The third kappa shape index (κ3) is 13.8. The van der Waals surface area contributed by atoms with E-state index in [2.05, 4.69) is 36.4 Å². The maximum atomic E-state index is 11.9. The first-order valence-electron chi connectivity index (χ1n) is 7.32. The van der Waals surface area contributed by atoms with Crippen molar-refractivity contribution in [2.45, 2.75) is 25.7 Å². The minimum Gasteiger partial charge on any atom is -0.236 e.